The van der Waals surface area contributed by atoms with Crippen molar-refractivity contribution in [1.29, 1.82) is 0 Å². The third-order valence-electron chi connectivity index (χ3n) is 3.19. The van der Waals surface area contributed by atoms with Gasteiger partial charge in [-0.25, -0.2) is 4.39 Å². The molecule has 2 aromatic rings. The predicted octanol–water partition coefficient (Wildman–Crippen LogP) is 3.75. The van der Waals surface area contributed by atoms with E-state index in [-0.39, 0.29) is 11.7 Å². The Kier molecular flexibility index (Phi) is 6.40. The number of hydrogen-bond acceptors (Lipinski definition) is 2. The van der Waals surface area contributed by atoms with Gasteiger partial charge in [-0.15, -0.1) is 0 Å². The van der Waals surface area contributed by atoms with Gasteiger partial charge in [-0.1, -0.05) is 24.3 Å². The predicted molar refractivity (Wildman–Crippen MR) is 90.4 cm³/mol. The SMILES string of the molecule is O=C(CCNc1ccccc1Br)NCCc1ccc(F)cc1. The Morgan fingerprint density at radius 2 is 1.77 bits per heavy atom. The van der Waals surface area contributed by atoms with Gasteiger partial charge in [0.1, 0.15) is 5.82 Å². The van der Waals surface area contributed by atoms with Gasteiger partial charge in [-0.2, -0.15) is 0 Å². The van der Waals surface area contributed by atoms with Crippen LogP contribution in [0.25, 0.3) is 0 Å². The third-order valence-corrected chi connectivity index (χ3v) is 3.88. The van der Waals surface area contributed by atoms with Crippen LogP contribution in [0.3, 0.4) is 0 Å². The molecule has 0 aliphatic heterocycles. The standard InChI is InChI=1S/C17H18BrFN2O/c18-15-3-1-2-4-16(15)20-12-10-17(22)21-11-9-13-5-7-14(19)8-6-13/h1-8,20H,9-12H2,(H,21,22). The summed E-state index contributed by atoms with van der Waals surface area (Å²) >= 11 is 3.45. The van der Waals surface area contributed by atoms with Crippen LogP contribution in [0, 0.1) is 5.82 Å². The van der Waals surface area contributed by atoms with Gasteiger partial charge in [0.05, 0.1) is 0 Å². The maximum Gasteiger partial charge on any atom is 0.221 e. The summed E-state index contributed by atoms with van der Waals surface area (Å²) in [7, 11) is 0. The maximum absolute atomic E-state index is 12.8. The van der Waals surface area contributed by atoms with E-state index in [9.17, 15) is 9.18 Å². The number of para-hydroxylation sites is 1. The van der Waals surface area contributed by atoms with Crippen LogP contribution in [-0.4, -0.2) is 19.0 Å². The van der Waals surface area contributed by atoms with Crippen molar-refractivity contribution < 1.29 is 9.18 Å². The summed E-state index contributed by atoms with van der Waals surface area (Å²) in [5, 5.41) is 6.07. The van der Waals surface area contributed by atoms with Crippen LogP contribution in [-0.2, 0) is 11.2 Å². The van der Waals surface area contributed by atoms with Crippen LogP contribution in [0.15, 0.2) is 53.0 Å². The minimum absolute atomic E-state index is 0.00154. The topological polar surface area (TPSA) is 41.1 Å². The smallest absolute Gasteiger partial charge is 0.221 e. The molecule has 2 aromatic carbocycles. The molecule has 1 amide bonds. The van der Waals surface area contributed by atoms with E-state index in [0.29, 0.717) is 25.9 Å². The molecule has 5 heteroatoms. The Balaban J connectivity index is 1.64. The van der Waals surface area contributed by atoms with Crippen LogP contribution in [0.5, 0.6) is 0 Å². The van der Waals surface area contributed by atoms with Gasteiger partial charge >= 0.3 is 0 Å². The molecule has 0 spiro atoms. The van der Waals surface area contributed by atoms with E-state index in [0.717, 1.165) is 15.7 Å². The average molecular weight is 365 g/mol. The lowest BCUT2D eigenvalue weighted by atomic mass is 10.1. The monoisotopic (exact) mass is 364 g/mol. The molecule has 0 aliphatic rings. The van der Waals surface area contributed by atoms with E-state index in [4.69, 9.17) is 0 Å². The van der Waals surface area contributed by atoms with E-state index < -0.39 is 0 Å². The van der Waals surface area contributed by atoms with Crippen molar-refractivity contribution in [2.75, 3.05) is 18.4 Å². The molecule has 0 aromatic heterocycles. The molecule has 22 heavy (non-hydrogen) atoms. The van der Waals surface area contributed by atoms with E-state index in [2.05, 4.69) is 26.6 Å². The van der Waals surface area contributed by atoms with E-state index >= 15 is 0 Å². The lowest BCUT2D eigenvalue weighted by Crippen LogP contribution is -2.27. The van der Waals surface area contributed by atoms with Crippen LogP contribution in [0.4, 0.5) is 10.1 Å². The first-order chi connectivity index (χ1) is 10.6. The zero-order valence-electron chi connectivity index (χ0n) is 12.1. The minimum atomic E-state index is -0.245. The molecule has 0 radical (unpaired) electrons. The lowest BCUT2D eigenvalue weighted by Gasteiger charge is -2.09. The second-order valence-corrected chi connectivity index (χ2v) is 5.74. The number of carbonyl (C=O) groups is 1. The van der Waals surface area contributed by atoms with Gasteiger partial charge in [0.15, 0.2) is 0 Å². The van der Waals surface area contributed by atoms with Crippen LogP contribution < -0.4 is 10.6 Å². The minimum Gasteiger partial charge on any atom is -0.384 e. The van der Waals surface area contributed by atoms with E-state index in [1.807, 2.05) is 24.3 Å². The van der Waals surface area contributed by atoms with Crippen molar-refractivity contribution in [3.63, 3.8) is 0 Å². The Morgan fingerprint density at radius 1 is 1.05 bits per heavy atom. The number of carbonyl (C=O) groups excluding carboxylic acids is 1. The van der Waals surface area contributed by atoms with Gasteiger partial charge in [-0.05, 0) is 52.2 Å². The van der Waals surface area contributed by atoms with Gasteiger partial charge in [0.25, 0.3) is 0 Å². The molecule has 0 fully saturated rings. The van der Waals surface area contributed by atoms with Crippen molar-refractivity contribution in [3.05, 3.63) is 64.4 Å². The van der Waals surface area contributed by atoms with Crippen molar-refractivity contribution in [2.45, 2.75) is 12.8 Å². The fourth-order valence-corrected chi connectivity index (χ4v) is 2.43. The molecule has 0 unspecified atom stereocenters. The van der Waals surface area contributed by atoms with Gasteiger partial charge in [0, 0.05) is 29.7 Å². The highest BCUT2D eigenvalue weighted by Crippen LogP contribution is 2.20. The summed E-state index contributed by atoms with van der Waals surface area (Å²) in [6.45, 7) is 1.13. The molecule has 3 nitrogen and oxygen atoms in total. The lowest BCUT2D eigenvalue weighted by molar-refractivity contribution is -0.120. The summed E-state index contributed by atoms with van der Waals surface area (Å²) in [5.74, 6) is -0.243. The van der Waals surface area contributed by atoms with E-state index in [1.165, 1.54) is 12.1 Å². The quantitative estimate of drug-likeness (QED) is 0.785. The van der Waals surface area contributed by atoms with Crippen LogP contribution in [0.1, 0.15) is 12.0 Å². The molecule has 0 saturated carbocycles. The molecule has 116 valence electrons. The first-order valence-electron chi connectivity index (χ1n) is 7.15. The number of halogens is 2. The van der Waals surface area contributed by atoms with Crippen molar-refractivity contribution in [2.24, 2.45) is 0 Å². The molecule has 2 rings (SSSR count). The first kappa shape index (κ1) is 16.5. The second-order valence-electron chi connectivity index (χ2n) is 4.88. The van der Waals surface area contributed by atoms with Crippen molar-refractivity contribution >= 4 is 27.5 Å². The highest BCUT2D eigenvalue weighted by atomic mass is 79.9. The molecule has 0 bridgehead atoms. The van der Waals surface area contributed by atoms with Gasteiger partial charge in [-0.3, -0.25) is 4.79 Å². The normalized spacial score (nSPS) is 10.3. The fourth-order valence-electron chi connectivity index (χ4n) is 2.00. The summed E-state index contributed by atoms with van der Waals surface area (Å²) < 4.78 is 13.7. The highest BCUT2D eigenvalue weighted by Gasteiger charge is 2.02. The Morgan fingerprint density at radius 3 is 2.50 bits per heavy atom. The number of amides is 1. The molecular weight excluding hydrogens is 347 g/mol. The average Bonchev–Trinajstić information content (AvgIpc) is 2.51. The van der Waals surface area contributed by atoms with Crippen LogP contribution in [0.2, 0.25) is 0 Å². The molecule has 2 N–H and O–H groups in total. The summed E-state index contributed by atoms with van der Waals surface area (Å²) in [4.78, 5) is 11.7. The zero-order valence-corrected chi connectivity index (χ0v) is 13.7. The Bertz CT molecular complexity index is 616. The zero-order chi connectivity index (χ0) is 15.8. The number of benzene rings is 2. The van der Waals surface area contributed by atoms with Gasteiger partial charge < -0.3 is 10.6 Å². The second kappa shape index (κ2) is 8.54. The number of rotatable bonds is 7. The number of nitrogens with one attached hydrogen (secondary N) is 2. The molecule has 0 saturated heterocycles. The fraction of sp³-hybridized carbons (Fsp3) is 0.235. The van der Waals surface area contributed by atoms with Crippen LogP contribution >= 0.6 is 15.9 Å². The molecule has 0 atom stereocenters. The third kappa shape index (κ3) is 5.48. The molecule has 0 heterocycles. The Hall–Kier alpha value is -1.88. The largest absolute Gasteiger partial charge is 0.384 e. The molecular formula is C17H18BrFN2O. The van der Waals surface area contributed by atoms with Crippen molar-refractivity contribution in [3.8, 4) is 0 Å². The van der Waals surface area contributed by atoms with Gasteiger partial charge in [0.2, 0.25) is 5.91 Å². The van der Waals surface area contributed by atoms with E-state index in [1.54, 1.807) is 12.1 Å². The summed E-state index contributed by atoms with van der Waals surface area (Å²) in [6.07, 6.45) is 1.11. The molecule has 0 aliphatic carbocycles. The maximum atomic E-state index is 12.8. The number of hydrogen-bond donors (Lipinski definition) is 2. The number of anilines is 1. The first-order valence-corrected chi connectivity index (χ1v) is 7.94. The highest BCUT2D eigenvalue weighted by molar-refractivity contribution is 9.10. The van der Waals surface area contributed by atoms with Crippen molar-refractivity contribution in [1.82, 2.24) is 5.32 Å². The summed E-state index contributed by atoms with van der Waals surface area (Å²) in [6, 6.07) is 14.1. The Labute approximate surface area is 138 Å². The summed E-state index contributed by atoms with van der Waals surface area (Å²) in [5.41, 5.74) is 1.98.